The molecule has 1 unspecified atom stereocenters. The molecular formula is C14H24N4. The van der Waals surface area contributed by atoms with Crippen LogP contribution in [0.2, 0.25) is 0 Å². The van der Waals surface area contributed by atoms with Crippen molar-refractivity contribution in [1.29, 1.82) is 0 Å². The Morgan fingerprint density at radius 2 is 2.17 bits per heavy atom. The lowest BCUT2D eigenvalue weighted by Crippen LogP contribution is -2.47. The molecule has 0 spiro atoms. The molecule has 1 aliphatic carbocycles. The quantitative estimate of drug-likeness (QED) is 0.855. The predicted molar refractivity (Wildman–Crippen MR) is 72.4 cm³/mol. The molecule has 2 heterocycles. The van der Waals surface area contributed by atoms with Crippen molar-refractivity contribution < 1.29 is 0 Å². The SMILES string of the molecule is CN(CC1Cc2nc[nH]c2CN1)C1CCCCC1. The molecule has 0 amide bonds. The molecule has 2 aliphatic rings. The monoisotopic (exact) mass is 248 g/mol. The van der Waals surface area contributed by atoms with E-state index in [4.69, 9.17) is 0 Å². The van der Waals surface area contributed by atoms with Crippen LogP contribution < -0.4 is 5.32 Å². The average Bonchev–Trinajstić information content (AvgIpc) is 2.87. The van der Waals surface area contributed by atoms with Gasteiger partial charge in [-0.3, -0.25) is 0 Å². The maximum Gasteiger partial charge on any atom is 0.0925 e. The minimum atomic E-state index is 0.563. The van der Waals surface area contributed by atoms with Gasteiger partial charge in [0.25, 0.3) is 0 Å². The molecule has 0 saturated heterocycles. The van der Waals surface area contributed by atoms with Gasteiger partial charge in [-0.05, 0) is 19.9 Å². The standard InChI is InChI=1S/C14H24N4/c1-18(12-5-3-2-4-6-12)9-11-7-13-14(8-15-11)17-10-16-13/h10-12,15H,2-9H2,1H3,(H,16,17). The first-order valence-corrected chi connectivity index (χ1v) is 7.27. The Kier molecular flexibility index (Phi) is 3.66. The highest BCUT2D eigenvalue weighted by atomic mass is 15.2. The summed E-state index contributed by atoms with van der Waals surface area (Å²) in [5.74, 6) is 0. The molecule has 4 nitrogen and oxygen atoms in total. The predicted octanol–water partition coefficient (Wildman–Crippen LogP) is 1.69. The van der Waals surface area contributed by atoms with Crippen molar-refractivity contribution in [3.8, 4) is 0 Å². The van der Waals surface area contributed by atoms with Crippen molar-refractivity contribution in [2.24, 2.45) is 0 Å². The minimum absolute atomic E-state index is 0.563. The van der Waals surface area contributed by atoms with Crippen molar-refractivity contribution in [1.82, 2.24) is 20.2 Å². The molecular weight excluding hydrogens is 224 g/mol. The number of rotatable bonds is 3. The molecule has 100 valence electrons. The first kappa shape index (κ1) is 12.2. The topological polar surface area (TPSA) is 44.0 Å². The number of nitrogens with one attached hydrogen (secondary N) is 2. The fraction of sp³-hybridized carbons (Fsp3) is 0.786. The van der Waals surface area contributed by atoms with Gasteiger partial charge in [-0.2, -0.15) is 0 Å². The summed E-state index contributed by atoms with van der Waals surface area (Å²) >= 11 is 0. The zero-order chi connectivity index (χ0) is 12.4. The Balaban J connectivity index is 1.54. The van der Waals surface area contributed by atoms with E-state index in [9.17, 15) is 0 Å². The van der Waals surface area contributed by atoms with Crippen LogP contribution in [0.3, 0.4) is 0 Å². The summed E-state index contributed by atoms with van der Waals surface area (Å²) in [5.41, 5.74) is 2.53. The average molecular weight is 248 g/mol. The van der Waals surface area contributed by atoms with Gasteiger partial charge >= 0.3 is 0 Å². The molecule has 18 heavy (non-hydrogen) atoms. The lowest BCUT2D eigenvalue weighted by molar-refractivity contribution is 0.171. The van der Waals surface area contributed by atoms with Crippen LogP contribution in [0.5, 0.6) is 0 Å². The summed E-state index contributed by atoms with van der Waals surface area (Å²) in [6.07, 6.45) is 9.92. The number of H-pyrrole nitrogens is 1. The summed E-state index contributed by atoms with van der Waals surface area (Å²) in [4.78, 5) is 10.2. The highest BCUT2D eigenvalue weighted by Gasteiger charge is 2.24. The van der Waals surface area contributed by atoms with Gasteiger partial charge in [-0.15, -0.1) is 0 Å². The molecule has 1 saturated carbocycles. The number of aromatic amines is 1. The van der Waals surface area contributed by atoms with Gasteiger partial charge in [0.2, 0.25) is 0 Å². The molecule has 4 heteroatoms. The van der Waals surface area contributed by atoms with Crippen molar-refractivity contribution >= 4 is 0 Å². The van der Waals surface area contributed by atoms with E-state index in [2.05, 4.69) is 27.2 Å². The fourth-order valence-corrected chi connectivity index (χ4v) is 3.38. The van der Waals surface area contributed by atoms with Crippen molar-refractivity contribution in [3.05, 3.63) is 17.7 Å². The van der Waals surface area contributed by atoms with Gasteiger partial charge < -0.3 is 15.2 Å². The lowest BCUT2D eigenvalue weighted by atomic mass is 9.94. The number of hydrogen-bond donors (Lipinski definition) is 2. The Bertz CT molecular complexity index is 381. The van der Waals surface area contributed by atoms with E-state index < -0.39 is 0 Å². The van der Waals surface area contributed by atoms with E-state index in [-0.39, 0.29) is 0 Å². The molecule has 0 bridgehead atoms. The summed E-state index contributed by atoms with van der Waals surface area (Å²) < 4.78 is 0. The number of imidazole rings is 1. The third-order valence-electron chi connectivity index (χ3n) is 4.52. The summed E-state index contributed by atoms with van der Waals surface area (Å²) in [7, 11) is 2.29. The molecule has 3 rings (SSSR count). The number of likely N-dealkylation sites (N-methyl/N-ethyl adjacent to an activating group) is 1. The van der Waals surface area contributed by atoms with Crippen molar-refractivity contribution in [2.75, 3.05) is 13.6 Å². The fourth-order valence-electron chi connectivity index (χ4n) is 3.38. The molecule has 2 N–H and O–H groups in total. The van der Waals surface area contributed by atoms with Crippen LogP contribution in [-0.2, 0) is 13.0 Å². The Morgan fingerprint density at radius 1 is 1.33 bits per heavy atom. The highest BCUT2D eigenvalue weighted by molar-refractivity contribution is 5.16. The van der Waals surface area contributed by atoms with Gasteiger partial charge in [0, 0.05) is 31.6 Å². The second-order valence-corrected chi connectivity index (χ2v) is 5.84. The van der Waals surface area contributed by atoms with Gasteiger partial charge in [0.15, 0.2) is 0 Å². The number of aromatic nitrogens is 2. The maximum absolute atomic E-state index is 4.41. The minimum Gasteiger partial charge on any atom is -0.347 e. The Hall–Kier alpha value is -0.870. The number of nitrogens with zero attached hydrogens (tertiary/aromatic N) is 2. The first-order valence-electron chi connectivity index (χ1n) is 7.27. The van der Waals surface area contributed by atoms with Gasteiger partial charge in [0.1, 0.15) is 0 Å². The third kappa shape index (κ3) is 2.59. The molecule has 1 aromatic rings. The summed E-state index contributed by atoms with van der Waals surface area (Å²) in [6.45, 7) is 2.09. The zero-order valence-corrected chi connectivity index (χ0v) is 11.3. The summed E-state index contributed by atoms with van der Waals surface area (Å²) in [6, 6.07) is 1.37. The number of hydrogen-bond acceptors (Lipinski definition) is 3. The van der Waals surface area contributed by atoms with Crippen LogP contribution in [0.15, 0.2) is 6.33 Å². The van der Waals surface area contributed by atoms with Crippen molar-refractivity contribution in [3.63, 3.8) is 0 Å². The van der Waals surface area contributed by atoms with Gasteiger partial charge in [0.05, 0.1) is 17.7 Å². The van der Waals surface area contributed by atoms with E-state index in [0.29, 0.717) is 6.04 Å². The first-order chi connectivity index (χ1) is 8.83. The lowest BCUT2D eigenvalue weighted by Gasteiger charge is -2.35. The molecule has 1 aromatic heterocycles. The van der Waals surface area contributed by atoms with E-state index >= 15 is 0 Å². The van der Waals surface area contributed by atoms with Crippen LogP contribution in [0, 0.1) is 0 Å². The van der Waals surface area contributed by atoms with Crippen LogP contribution in [0.4, 0.5) is 0 Å². The second kappa shape index (κ2) is 5.41. The van der Waals surface area contributed by atoms with Crippen LogP contribution in [-0.4, -0.2) is 40.5 Å². The second-order valence-electron chi connectivity index (χ2n) is 5.84. The largest absolute Gasteiger partial charge is 0.347 e. The van der Waals surface area contributed by atoms with Gasteiger partial charge in [-0.25, -0.2) is 4.98 Å². The molecule has 0 radical (unpaired) electrons. The van der Waals surface area contributed by atoms with E-state index in [1.54, 1.807) is 0 Å². The molecule has 1 fully saturated rings. The molecule has 1 atom stereocenters. The normalized spacial score (nSPS) is 25.3. The zero-order valence-electron chi connectivity index (χ0n) is 11.3. The van der Waals surface area contributed by atoms with E-state index in [1.807, 2.05) is 6.33 Å². The Labute approximate surface area is 109 Å². The van der Waals surface area contributed by atoms with E-state index in [0.717, 1.165) is 25.6 Å². The third-order valence-corrected chi connectivity index (χ3v) is 4.52. The van der Waals surface area contributed by atoms with Crippen LogP contribution in [0.1, 0.15) is 43.5 Å². The summed E-state index contributed by atoms with van der Waals surface area (Å²) in [5, 5.41) is 3.62. The van der Waals surface area contributed by atoms with E-state index in [1.165, 1.54) is 43.5 Å². The molecule has 1 aliphatic heterocycles. The smallest absolute Gasteiger partial charge is 0.0925 e. The van der Waals surface area contributed by atoms with Crippen LogP contribution >= 0.6 is 0 Å². The molecule has 0 aromatic carbocycles. The Morgan fingerprint density at radius 3 is 3.00 bits per heavy atom. The highest BCUT2D eigenvalue weighted by Crippen LogP contribution is 2.22. The maximum atomic E-state index is 4.41. The number of fused-ring (bicyclic) bond motifs is 1. The van der Waals surface area contributed by atoms with Crippen LogP contribution in [0.25, 0.3) is 0 Å². The van der Waals surface area contributed by atoms with Crippen molar-refractivity contribution in [2.45, 2.75) is 57.2 Å². The van der Waals surface area contributed by atoms with Gasteiger partial charge in [-0.1, -0.05) is 19.3 Å².